The molecule has 0 aliphatic rings. The summed E-state index contributed by atoms with van der Waals surface area (Å²) in [7, 11) is 0. The van der Waals surface area contributed by atoms with Crippen molar-refractivity contribution in [3.05, 3.63) is 58.6 Å². The van der Waals surface area contributed by atoms with Crippen LogP contribution < -0.4 is 5.32 Å². The molecule has 2 aromatic heterocycles. The highest BCUT2D eigenvalue weighted by Crippen LogP contribution is 2.22. The van der Waals surface area contributed by atoms with E-state index in [1.165, 1.54) is 4.80 Å². The predicted molar refractivity (Wildman–Crippen MR) is 114 cm³/mol. The van der Waals surface area contributed by atoms with E-state index in [0.717, 1.165) is 20.8 Å². The molecule has 0 bridgehead atoms. The first-order valence-corrected chi connectivity index (χ1v) is 10.5. The number of nitrogens with zero attached hydrogens (tertiary/aromatic N) is 5. The second kappa shape index (κ2) is 8.67. The molecule has 4 rings (SSSR count). The number of tetrazole rings is 1. The van der Waals surface area contributed by atoms with E-state index < -0.39 is 6.04 Å². The second-order valence-electron chi connectivity index (χ2n) is 6.48. The molecular weight excluding hydrogens is 408 g/mol. The summed E-state index contributed by atoms with van der Waals surface area (Å²) >= 11 is 7.57. The quantitative estimate of drug-likeness (QED) is 0.484. The molecule has 1 amide bonds. The number of hydrogen-bond acceptors (Lipinski definition) is 6. The van der Waals surface area contributed by atoms with Crippen molar-refractivity contribution >= 4 is 39.1 Å². The zero-order valence-corrected chi connectivity index (χ0v) is 17.3. The van der Waals surface area contributed by atoms with Gasteiger partial charge in [-0.3, -0.25) is 4.79 Å². The third-order valence-corrected chi connectivity index (χ3v) is 5.82. The Balaban J connectivity index is 1.38. The summed E-state index contributed by atoms with van der Waals surface area (Å²) in [6.07, 6.45) is 1.24. The zero-order chi connectivity index (χ0) is 20.2. The Bertz CT molecular complexity index is 1090. The fourth-order valence-electron chi connectivity index (χ4n) is 2.96. The van der Waals surface area contributed by atoms with Gasteiger partial charge in [0.2, 0.25) is 11.7 Å². The summed E-state index contributed by atoms with van der Waals surface area (Å²) in [6, 6.07) is 14.7. The average Bonchev–Trinajstić information content (AvgIpc) is 3.36. The van der Waals surface area contributed by atoms with E-state index in [-0.39, 0.29) is 5.91 Å². The lowest BCUT2D eigenvalue weighted by Gasteiger charge is -2.13. The SMILES string of the molecule is CCC(C(=O)NCCc1nc2ccccc2s1)n1nnc(-c2ccc(Cl)cc2)n1. The lowest BCUT2D eigenvalue weighted by Crippen LogP contribution is -2.34. The van der Waals surface area contributed by atoms with Crippen LogP contribution in [-0.2, 0) is 11.2 Å². The highest BCUT2D eigenvalue weighted by molar-refractivity contribution is 7.18. The average molecular weight is 427 g/mol. The minimum absolute atomic E-state index is 0.131. The summed E-state index contributed by atoms with van der Waals surface area (Å²) in [5.41, 5.74) is 1.79. The molecule has 0 fully saturated rings. The van der Waals surface area contributed by atoms with E-state index in [4.69, 9.17) is 11.6 Å². The Hall–Kier alpha value is -2.84. The van der Waals surface area contributed by atoms with Crippen LogP contribution in [0, 0.1) is 0 Å². The van der Waals surface area contributed by atoms with Crippen molar-refractivity contribution in [1.29, 1.82) is 0 Å². The highest BCUT2D eigenvalue weighted by atomic mass is 35.5. The van der Waals surface area contributed by atoms with Gasteiger partial charge in [0.15, 0.2) is 6.04 Å². The van der Waals surface area contributed by atoms with Crippen molar-refractivity contribution in [2.75, 3.05) is 6.54 Å². The van der Waals surface area contributed by atoms with E-state index in [1.54, 1.807) is 23.5 Å². The molecule has 2 aromatic carbocycles. The first kappa shape index (κ1) is 19.5. The number of carbonyl (C=O) groups excluding carboxylic acids is 1. The van der Waals surface area contributed by atoms with Crippen LogP contribution in [0.15, 0.2) is 48.5 Å². The number of rotatable bonds is 7. The van der Waals surface area contributed by atoms with Crippen LogP contribution in [0.3, 0.4) is 0 Å². The van der Waals surface area contributed by atoms with Gasteiger partial charge in [0, 0.05) is 23.6 Å². The lowest BCUT2D eigenvalue weighted by molar-refractivity contribution is -0.125. The maximum Gasteiger partial charge on any atom is 0.246 e. The molecule has 0 saturated carbocycles. The number of aromatic nitrogens is 5. The number of nitrogens with one attached hydrogen (secondary N) is 1. The maximum absolute atomic E-state index is 12.7. The maximum atomic E-state index is 12.7. The number of amides is 1. The van der Waals surface area contributed by atoms with Crippen molar-refractivity contribution in [3.8, 4) is 11.4 Å². The topological polar surface area (TPSA) is 85.6 Å². The van der Waals surface area contributed by atoms with Crippen molar-refractivity contribution in [3.63, 3.8) is 0 Å². The predicted octanol–water partition coefficient (Wildman–Crippen LogP) is 3.91. The molecular formula is C20H19ClN6OS. The summed E-state index contributed by atoms with van der Waals surface area (Å²) in [5.74, 6) is 0.330. The minimum Gasteiger partial charge on any atom is -0.354 e. The van der Waals surface area contributed by atoms with Gasteiger partial charge in [-0.25, -0.2) is 4.98 Å². The molecule has 0 aliphatic carbocycles. The van der Waals surface area contributed by atoms with E-state index in [9.17, 15) is 4.79 Å². The van der Waals surface area contributed by atoms with Crippen LogP contribution in [0.2, 0.25) is 5.02 Å². The Labute approximate surface area is 176 Å². The number of hydrogen-bond donors (Lipinski definition) is 1. The van der Waals surface area contributed by atoms with Gasteiger partial charge >= 0.3 is 0 Å². The fraction of sp³-hybridized carbons (Fsp3) is 0.250. The van der Waals surface area contributed by atoms with E-state index in [1.807, 2.05) is 37.3 Å². The normalized spacial score (nSPS) is 12.2. The molecule has 29 heavy (non-hydrogen) atoms. The largest absolute Gasteiger partial charge is 0.354 e. The van der Waals surface area contributed by atoms with Gasteiger partial charge in [-0.2, -0.15) is 4.80 Å². The molecule has 9 heteroatoms. The molecule has 1 N–H and O–H groups in total. The molecule has 2 heterocycles. The summed E-state index contributed by atoms with van der Waals surface area (Å²) in [4.78, 5) is 18.6. The second-order valence-corrected chi connectivity index (χ2v) is 8.03. The molecule has 7 nitrogen and oxygen atoms in total. The number of halogens is 1. The smallest absolute Gasteiger partial charge is 0.246 e. The lowest BCUT2D eigenvalue weighted by atomic mass is 10.2. The first-order valence-electron chi connectivity index (χ1n) is 9.31. The van der Waals surface area contributed by atoms with Gasteiger partial charge in [-0.15, -0.1) is 21.5 Å². The molecule has 1 unspecified atom stereocenters. The summed E-state index contributed by atoms with van der Waals surface area (Å²) in [6.45, 7) is 2.43. The van der Waals surface area contributed by atoms with E-state index in [0.29, 0.717) is 30.2 Å². The Morgan fingerprint density at radius 2 is 2.00 bits per heavy atom. The van der Waals surface area contributed by atoms with Crippen LogP contribution >= 0.6 is 22.9 Å². The van der Waals surface area contributed by atoms with Crippen LogP contribution in [0.5, 0.6) is 0 Å². The van der Waals surface area contributed by atoms with Crippen LogP contribution in [0.25, 0.3) is 21.6 Å². The van der Waals surface area contributed by atoms with Gasteiger partial charge in [0.1, 0.15) is 0 Å². The van der Waals surface area contributed by atoms with Crippen LogP contribution in [-0.4, -0.2) is 37.6 Å². The molecule has 1 atom stereocenters. The van der Waals surface area contributed by atoms with Crippen molar-refractivity contribution in [2.24, 2.45) is 0 Å². The molecule has 4 aromatic rings. The van der Waals surface area contributed by atoms with Crippen molar-refractivity contribution < 1.29 is 4.79 Å². The Kier molecular flexibility index (Phi) is 5.82. The zero-order valence-electron chi connectivity index (χ0n) is 15.7. The van der Waals surface area contributed by atoms with Gasteiger partial charge in [0.05, 0.1) is 15.2 Å². The van der Waals surface area contributed by atoms with Crippen LogP contribution in [0.1, 0.15) is 24.4 Å². The number of carbonyl (C=O) groups is 1. The molecule has 148 valence electrons. The fourth-order valence-corrected chi connectivity index (χ4v) is 4.06. The highest BCUT2D eigenvalue weighted by Gasteiger charge is 2.21. The first-order chi connectivity index (χ1) is 14.1. The van der Waals surface area contributed by atoms with Crippen molar-refractivity contribution in [2.45, 2.75) is 25.8 Å². The Morgan fingerprint density at radius 3 is 2.76 bits per heavy atom. The van der Waals surface area contributed by atoms with Crippen LogP contribution in [0.4, 0.5) is 0 Å². The van der Waals surface area contributed by atoms with Crippen molar-refractivity contribution in [1.82, 2.24) is 30.5 Å². The van der Waals surface area contributed by atoms with Gasteiger partial charge in [-0.05, 0) is 48.0 Å². The third-order valence-electron chi connectivity index (χ3n) is 4.48. The van der Waals surface area contributed by atoms with Gasteiger partial charge < -0.3 is 5.32 Å². The van der Waals surface area contributed by atoms with E-state index in [2.05, 4.69) is 31.8 Å². The number of thiazole rings is 1. The molecule has 0 spiro atoms. The molecule has 0 aliphatic heterocycles. The molecule has 0 saturated heterocycles. The van der Waals surface area contributed by atoms with Gasteiger partial charge in [0.25, 0.3) is 0 Å². The number of para-hydroxylation sites is 1. The standard InChI is InChI=1S/C20H19ClN6OS/c1-2-16(27-25-19(24-26-27)13-7-9-14(21)10-8-13)20(28)22-12-11-18-23-15-5-3-4-6-17(15)29-18/h3-10,16H,2,11-12H2,1H3,(H,22,28). The number of benzene rings is 2. The Morgan fingerprint density at radius 1 is 1.21 bits per heavy atom. The van der Waals surface area contributed by atoms with E-state index >= 15 is 0 Å². The third kappa shape index (κ3) is 4.44. The number of fused-ring (bicyclic) bond motifs is 1. The summed E-state index contributed by atoms with van der Waals surface area (Å²) in [5, 5.41) is 17.1. The monoisotopic (exact) mass is 426 g/mol. The van der Waals surface area contributed by atoms with Gasteiger partial charge in [-0.1, -0.05) is 30.7 Å². The summed E-state index contributed by atoms with van der Waals surface area (Å²) < 4.78 is 1.15. The minimum atomic E-state index is -0.515. The molecule has 0 radical (unpaired) electrons.